The van der Waals surface area contributed by atoms with Crippen LogP contribution >= 0.6 is 0 Å². The summed E-state index contributed by atoms with van der Waals surface area (Å²) < 4.78 is 0. The third kappa shape index (κ3) is 6.65. The highest BCUT2D eigenvalue weighted by atomic mass is 16.3. The Morgan fingerprint density at radius 2 is 1.80 bits per heavy atom. The molecular weight excluding hydrogens is 326 g/mol. The molecule has 0 atom stereocenters. The maximum atomic E-state index is 8.36. The highest BCUT2D eigenvalue weighted by molar-refractivity contribution is 5.75. The van der Waals surface area contributed by atoms with Crippen LogP contribution in [0.3, 0.4) is 0 Å². The van der Waals surface area contributed by atoms with Crippen LogP contribution in [-0.2, 0) is 16.1 Å². The lowest BCUT2D eigenvalue weighted by Crippen LogP contribution is -2.02. The fraction of sp³-hybridized carbons (Fsp3) is 0.188. The van der Waals surface area contributed by atoms with Crippen LogP contribution in [-0.4, -0.2) is 43.1 Å². The molecule has 0 spiro atoms. The molecule has 3 rings (SSSR count). The number of nitrogens with zero attached hydrogens (tertiary/aromatic N) is 3. The van der Waals surface area contributed by atoms with Gasteiger partial charge in [0.1, 0.15) is 17.5 Å². The summed E-state index contributed by atoms with van der Waals surface area (Å²) in [5.41, 5.74) is 3.25. The third-order valence-corrected chi connectivity index (χ3v) is 2.91. The predicted molar refractivity (Wildman–Crippen MR) is 92.3 cm³/mol. The molecule has 9 heteroatoms. The molecule has 9 nitrogen and oxygen atoms in total. The smallest absolute Gasteiger partial charge is 0.290 e. The number of imidazole rings is 1. The van der Waals surface area contributed by atoms with Gasteiger partial charge in [0.25, 0.3) is 12.9 Å². The number of carboxylic acid groups (broad SMARTS) is 2. The second-order valence-corrected chi connectivity index (χ2v) is 4.73. The predicted octanol–water partition coefficient (Wildman–Crippen LogP) is 1.98. The van der Waals surface area contributed by atoms with Gasteiger partial charge in [-0.1, -0.05) is 6.07 Å². The monoisotopic (exact) mass is 345 g/mol. The fourth-order valence-corrected chi connectivity index (χ4v) is 2.04. The van der Waals surface area contributed by atoms with Crippen molar-refractivity contribution in [2.45, 2.75) is 20.4 Å². The van der Waals surface area contributed by atoms with Crippen molar-refractivity contribution in [3.05, 3.63) is 47.7 Å². The van der Waals surface area contributed by atoms with Gasteiger partial charge in [-0.3, -0.25) is 9.59 Å². The van der Waals surface area contributed by atoms with Crippen LogP contribution in [0.1, 0.15) is 17.2 Å². The number of aromatic nitrogens is 4. The molecular formula is C16H19N5O4. The lowest BCUT2D eigenvalue weighted by atomic mass is 10.2. The summed E-state index contributed by atoms with van der Waals surface area (Å²) >= 11 is 0. The van der Waals surface area contributed by atoms with E-state index in [1.54, 1.807) is 6.20 Å². The molecule has 132 valence electrons. The summed E-state index contributed by atoms with van der Waals surface area (Å²) in [6.07, 6.45) is 1.76. The third-order valence-electron chi connectivity index (χ3n) is 2.91. The van der Waals surface area contributed by atoms with E-state index in [4.69, 9.17) is 19.8 Å². The minimum atomic E-state index is -0.250. The Morgan fingerprint density at radius 1 is 1.12 bits per heavy atom. The first-order valence-electron chi connectivity index (χ1n) is 7.18. The summed E-state index contributed by atoms with van der Waals surface area (Å²) in [6.45, 7) is 4.07. The molecule has 0 fully saturated rings. The summed E-state index contributed by atoms with van der Waals surface area (Å²) in [7, 11) is 0. The van der Waals surface area contributed by atoms with Gasteiger partial charge in [-0.2, -0.15) is 0 Å². The van der Waals surface area contributed by atoms with Crippen molar-refractivity contribution >= 4 is 29.8 Å². The van der Waals surface area contributed by atoms with E-state index in [-0.39, 0.29) is 12.9 Å². The number of nitrogens with one attached hydrogen (secondary N) is 2. The number of H-pyrrole nitrogens is 1. The molecule has 0 aliphatic carbocycles. The molecule has 0 aliphatic rings. The molecule has 0 radical (unpaired) electrons. The number of anilines is 1. The van der Waals surface area contributed by atoms with E-state index in [1.165, 1.54) is 5.56 Å². The minimum Gasteiger partial charge on any atom is -0.483 e. The molecule has 0 aliphatic heterocycles. The zero-order valence-electron chi connectivity index (χ0n) is 13.8. The number of aryl methyl sites for hydroxylation is 2. The largest absolute Gasteiger partial charge is 0.483 e. The maximum Gasteiger partial charge on any atom is 0.290 e. The Morgan fingerprint density at radius 3 is 2.44 bits per heavy atom. The lowest BCUT2D eigenvalue weighted by molar-refractivity contribution is -0.123. The summed E-state index contributed by atoms with van der Waals surface area (Å²) in [5.74, 6) is 2.55. The van der Waals surface area contributed by atoms with Crippen LogP contribution in [0.2, 0.25) is 0 Å². The van der Waals surface area contributed by atoms with Crippen LogP contribution in [0.15, 0.2) is 30.5 Å². The molecule has 3 aromatic rings. The lowest BCUT2D eigenvalue weighted by Gasteiger charge is -2.05. The number of benzene rings is 1. The Bertz CT molecular complexity index is 813. The first kappa shape index (κ1) is 19.6. The van der Waals surface area contributed by atoms with E-state index in [1.807, 2.05) is 26.0 Å². The molecule has 0 amide bonds. The molecule has 4 N–H and O–H groups in total. The number of carbonyl (C=O) groups is 2. The van der Waals surface area contributed by atoms with Crippen molar-refractivity contribution in [1.29, 1.82) is 0 Å². The molecule has 1 aromatic carbocycles. The van der Waals surface area contributed by atoms with E-state index in [0.29, 0.717) is 0 Å². The SMILES string of the molecule is Cc1nccc(NCc2ccc3nc(C)[nH]c3c2)n1.O=CO.O=CO. The van der Waals surface area contributed by atoms with Crippen molar-refractivity contribution in [1.82, 2.24) is 19.9 Å². The molecule has 2 aromatic heterocycles. The highest BCUT2D eigenvalue weighted by Gasteiger charge is 2.01. The van der Waals surface area contributed by atoms with E-state index >= 15 is 0 Å². The number of rotatable bonds is 3. The van der Waals surface area contributed by atoms with Crippen LogP contribution < -0.4 is 5.32 Å². The van der Waals surface area contributed by atoms with Crippen molar-refractivity contribution < 1.29 is 19.8 Å². The minimum absolute atomic E-state index is 0.250. The van der Waals surface area contributed by atoms with E-state index in [0.717, 1.165) is 35.0 Å². The summed E-state index contributed by atoms with van der Waals surface area (Å²) in [4.78, 5) is 32.7. The van der Waals surface area contributed by atoms with Gasteiger partial charge in [0.05, 0.1) is 11.0 Å². The van der Waals surface area contributed by atoms with Gasteiger partial charge in [0.2, 0.25) is 0 Å². The Kier molecular flexibility index (Phi) is 8.07. The number of hydrogen-bond acceptors (Lipinski definition) is 6. The van der Waals surface area contributed by atoms with Gasteiger partial charge >= 0.3 is 0 Å². The zero-order chi connectivity index (χ0) is 18.7. The van der Waals surface area contributed by atoms with Gasteiger partial charge in [-0.15, -0.1) is 0 Å². The summed E-state index contributed by atoms with van der Waals surface area (Å²) in [6, 6.07) is 8.08. The second-order valence-electron chi connectivity index (χ2n) is 4.73. The van der Waals surface area contributed by atoms with Gasteiger partial charge in [-0.05, 0) is 37.6 Å². The van der Waals surface area contributed by atoms with E-state index in [2.05, 4.69) is 37.4 Å². The number of fused-ring (bicyclic) bond motifs is 1. The van der Waals surface area contributed by atoms with Crippen LogP contribution in [0.25, 0.3) is 11.0 Å². The van der Waals surface area contributed by atoms with Crippen molar-refractivity contribution in [2.24, 2.45) is 0 Å². The van der Waals surface area contributed by atoms with E-state index < -0.39 is 0 Å². The van der Waals surface area contributed by atoms with Gasteiger partial charge in [-0.25, -0.2) is 15.0 Å². The van der Waals surface area contributed by atoms with Crippen molar-refractivity contribution in [2.75, 3.05) is 5.32 Å². The van der Waals surface area contributed by atoms with Crippen LogP contribution in [0.4, 0.5) is 5.82 Å². The van der Waals surface area contributed by atoms with Crippen LogP contribution in [0.5, 0.6) is 0 Å². The Hall–Kier alpha value is -3.49. The molecule has 0 saturated carbocycles. The quantitative estimate of drug-likeness (QED) is 0.528. The first-order chi connectivity index (χ1) is 12.0. The fourth-order valence-electron chi connectivity index (χ4n) is 2.04. The Labute approximate surface area is 143 Å². The van der Waals surface area contributed by atoms with Crippen molar-refractivity contribution in [3.8, 4) is 0 Å². The highest BCUT2D eigenvalue weighted by Crippen LogP contribution is 2.14. The molecule has 0 bridgehead atoms. The Balaban J connectivity index is 0.000000460. The molecule has 2 heterocycles. The van der Waals surface area contributed by atoms with E-state index in [9.17, 15) is 0 Å². The first-order valence-corrected chi connectivity index (χ1v) is 7.18. The van der Waals surface area contributed by atoms with Crippen molar-refractivity contribution in [3.63, 3.8) is 0 Å². The molecule has 0 saturated heterocycles. The molecule has 0 unspecified atom stereocenters. The average molecular weight is 345 g/mol. The van der Waals surface area contributed by atoms with Gasteiger partial charge in [0, 0.05) is 12.7 Å². The number of aromatic amines is 1. The molecule has 25 heavy (non-hydrogen) atoms. The van der Waals surface area contributed by atoms with Crippen LogP contribution in [0, 0.1) is 13.8 Å². The maximum absolute atomic E-state index is 8.36. The van der Waals surface area contributed by atoms with Gasteiger partial charge < -0.3 is 20.5 Å². The second kappa shape index (κ2) is 10.3. The normalized spacial score (nSPS) is 9.20. The standard InChI is InChI=1S/C14H15N5.2CH2O2/c1-9-15-6-5-14(19-9)16-8-11-3-4-12-13(7-11)18-10(2)17-12;2*2-1-3/h3-7H,8H2,1-2H3,(H,17,18)(H,15,16,19);2*1H,(H,2,3). The number of hydrogen-bond donors (Lipinski definition) is 4. The zero-order valence-corrected chi connectivity index (χ0v) is 13.8. The summed E-state index contributed by atoms with van der Waals surface area (Å²) in [5, 5.41) is 17.1. The topological polar surface area (TPSA) is 141 Å². The average Bonchev–Trinajstić information content (AvgIpc) is 2.94. The van der Waals surface area contributed by atoms with Gasteiger partial charge in [0.15, 0.2) is 0 Å².